The van der Waals surface area contributed by atoms with E-state index in [1.807, 2.05) is 23.8 Å². The molecule has 0 aromatic carbocycles. The number of carbonyl (C=O) groups excluding carboxylic acids is 3. The summed E-state index contributed by atoms with van der Waals surface area (Å²) in [6.07, 6.45) is 7.66. The minimum Gasteiger partial charge on any atom is -0.391 e. The Bertz CT molecular complexity index is 889. The Morgan fingerprint density at radius 1 is 1.28 bits per heavy atom. The van der Waals surface area contributed by atoms with Crippen molar-refractivity contribution < 1.29 is 27.9 Å². The second-order valence-corrected chi connectivity index (χ2v) is 11.2. The number of nitrogens with zero attached hydrogens (tertiary/aromatic N) is 2. The van der Waals surface area contributed by atoms with Gasteiger partial charge in [0.2, 0.25) is 11.8 Å². The Hall–Kier alpha value is -1.98. The Morgan fingerprint density at radius 3 is 2.69 bits per heavy atom. The van der Waals surface area contributed by atoms with Crippen LogP contribution in [0.2, 0.25) is 0 Å². The van der Waals surface area contributed by atoms with E-state index in [1.54, 1.807) is 0 Å². The highest BCUT2D eigenvalue weighted by atomic mass is 32.2. The van der Waals surface area contributed by atoms with E-state index >= 15 is 0 Å². The van der Waals surface area contributed by atoms with E-state index < -0.39 is 39.7 Å². The van der Waals surface area contributed by atoms with Crippen molar-refractivity contribution in [3.8, 4) is 0 Å². The summed E-state index contributed by atoms with van der Waals surface area (Å²) in [5, 5.41) is 12.9. The first kappa shape index (κ1) is 24.7. The molecular formula is C21H34N4O6S. The fourth-order valence-corrected chi connectivity index (χ4v) is 5.05. The van der Waals surface area contributed by atoms with Crippen molar-refractivity contribution >= 4 is 27.9 Å². The molecular weight excluding hydrogens is 436 g/mol. The average Bonchev–Trinajstić information content (AvgIpc) is 3.26. The first-order valence-electron chi connectivity index (χ1n) is 11.2. The van der Waals surface area contributed by atoms with E-state index in [0.717, 1.165) is 30.0 Å². The molecule has 3 aliphatic rings. The summed E-state index contributed by atoms with van der Waals surface area (Å²) in [5.74, 6) is -2.15. The molecule has 1 saturated carbocycles. The lowest BCUT2D eigenvalue weighted by atomic mass is 10.0. The first-order chi connectivity index (χ1) is 15.0. The highest BCUT2D eigenvalue weighted by Crippen LogP contribution is 2.45. The predicted octanol–water partition coefficient (Wildman–Crippen LogP) is -0.0979. The molecule has 5 atom stereocenters. The maximum absolute atomic E-state index is 13.2. The van der Waals surface area contributed by atoms with Gasteiger partial charge in [-0.3, -0.25) is 14.4 Å². The number of allylic oxidation sites excluding steroid dienone is 1. The quantitative estimate of drug-likeness (QED) is 0.493. The molecule has 1 aliphatic carbocycles. The molecule has 1 saturated heterocycles. The van der Waals surface area contributed by atoms with Crippen molar-refractivity contribution in [3.63, 3.8) is 0 Å². The third-order valence-electron chi connectivity index (χ3n) is 6.63. The van der Waals surface area contributed by atoms with Gasteiger partial charge in [-0.05, 0) is 25.7 Å². The molecule has 180 valence electrons. The van der Waals surface area contributed by atoms with E-state index in [2.05, 4.69) is 5.32 Å². The third kappa shape index (κ3) is 5.15. The van der Waals surface area contributed by atoms with Gasteiger partial charge in [0.1, 0.15) is 11.6 Å². The average molecular weight is 471 g/mol. The second kappa shape index (κ2) is 9.48. The van der Waals surface area contributed by atoms with Gasteiger partial charge in [0.25, 0.3) is 5.91 Å². The number of aliphatic hydroxyl groups excluding tert-OH is 1. The van der Waals surface area contributed by atoms with Crippen LogP contribution in [0.3, 0.4) is 0 Å². The number of carbonyl (C=O) groups is 3. The first-order valence-corrected chi connectivity index (χ1v) is 12.6. The number of rotatable bonds is 3. The number of hydrogen-bond acceptors (Lipinski definition) is 6. The van der Waals surface area contributed by atoms with Gasteiger partial charge >= 0.3 is 10.2 Å². The lowest BCUT2D eigenvalue weighted by Crippen LogP contribution is -2.57. The predicted molar refractivity (Wildman–Crippen MR) is 117 cm³/mol. The summed E-state index contributed by atoms with van der Waals surface area (Å²) >= 11 is 0. The number of aliphatic hydroxyl groups is 1. The van der Waals surface area contributed by atoms with Crippen LogP contribution in [0, 0.1) is 11.8 Å². The summed E-state index contributed by atoms with van der Waals surface area (Å²) in [7, 11) is -1.42. The van der Waals surface area contributed by atoms with Crippen molar-refractivity contribution in [1.29, 1.82) is 0 Å². The van der Waals surface area contributed by atoms with Gasteiger partial charge in [0.15, 0.2) is 0 Å². The number of fused-ring (bicyclic) bond motifs is 2. The van der Waals surface area contributed by atoms with Crippen LogP contribution in [0.25, 0.3) is 0 Å². The van der Waals surface area contributed by atoms with Gasteiger partial charge in [0, 0.05) is 38.9 Å². The van der Waals surface area contributed by atoms with E-state index in [0.29, 0.717) is 6.42 Å². The number of hydrogen-bond donors (Lipinski definition) is 3. The van der Waals surface area contributed by atoms with Gasteiger partial charge < -0.3 is 15.3 Å². The third-order valence-corrected chi connectivity index (χ3v) is 8.04. The minimum atomic E-state index is -4.03. The molecule has 3 amide bonds. The van der Waals surface area contributed by atoms with Crippen molar-refractivity contribution in [3.05, 3.63) is 12.2 Å². The van der Waals surface area contributed by atoms with Gasteiger partial charge in [-0.2, -0.15) is 12.7 Å². The molecule has 10 nitrogen and oxygen atoms in total. The molecule has 2 aliphatic heterocycles. The molecule has 0 unspecified atom stereocenters. The van der Waals surface area contributed by atoms with E-state index in [-0.39, 0.29) is 37.1 Å². The molecule has 2 fully saturated rings. The zero-order valence-corrected chi connectivity index (χ0v) is 19.7. The standard InChI is InChI=1S/C21H34N4O6S/c1-14-9-7-5-4-6-8-10-15-12-21(15,20(29)23-32(30,31)24(2)3)22-18(27)17-11-16(26)13-25(17)19(14)28/h8,10,14-17,26H,4-7,9,11-13H2,1-3H3,(H,22,27)(H,23,29)/b10-8-/t14-,15+,16+,17-,21+/m0/s1. The Labute approximate surface area is 189 Å². The maximum Gasteiger partial charge on any atom is 0.303 e. The van der Waals surface area contributed by atoms with Crippen molar-refractivity contribution in [1.82, 2.24) is 19.2 Å². The molecule has 3 rings (SSSR count). The highest BCUT2D eigenvalue weighted by Gasteiger charge is 2.61. The summed E-state index contributed by atoms with van der Waals surface area (Å²) in [6, 6.07) is -0.898. The van der Waals surface area contributed by atoms with E-state index in [1.165, 1.54) is 19.0 Å². The van der Waals surface area contributed by atoms with Gasteiger partial charge in [-0.15, -0.1) is 0 Å². The molecule has 0 bridgehead atoms. The van der Waals surface area contributed by atoms with Crippen LogP contribution in [0.1, 0.15) is 51.9 Å². The molecule has 3 N–H and O–H groups in total. The van der Waals surface area contributed by atoms with Gasteiger partial charge in [0.05, 0.1) is 6.10 Å². The van der Waals surface area contributed by atoms with Crippen molar-refractivity contribution in [2.24, 2.45) is 11.8 Å². The molecule has 0 radical (unpaired) electrons. The topological polar surface area (TPSA) is 136 Å². The number of nitrogens with one attached hydrogen (secondary N) is 2. The molecule has 32 heavy (non-hydrogen) atoms. The minimum absolute atomic E-state index is 0.0683. The van der Waals surface area contributed by atoms with Crippen LogP contribution in [-0.4, -0.2) is 78.8 Å². The molecule has 0 aromatic heterocycles. The van der Waals surface area contributed by atoms with Crippen LogP contribution < -0.4 is 10.0 Å². The van der Waals surface area contributed by atoms with Crippen molar-refractivity contribution in [2.45, 2.75) is 69.6 Å². The summed E-state index contributed by atoms with van der Waals surface area (Å²) in [5.41, 5.74) is -1.40. The Morgan fingerprint density at radius 2 is 2.00 bits per heavy atom. The van der Waals surface area contributed by atoms with Crippen LogP contribution in [0.4, 0.5) is 0 Å². The fourth-order valence-electron chi connectivity index (χ4n) is 4.45. The van der Waals surface area contributed by atoms with Gasteiger partial charge in [-0.1, -0.05) is 31.9 Å². The SMILES string of the molecule is C[C@H]1CCCCC/C=C\[C@@H]2C[C@@]2(C(=O)NS(=O)(=O)N(C)C)NC(=O)[C@@H]2C[C@@H](O)CN2C1=O. The molecule has 11 heteroatoms. The zero-order valence-electron chi connectivity index (χ0n) is 18.9. The maximum atomic E-state index is 13.2. The Balaban J connectivity index is 1.88. The second-order valence-electron chi connectivity index (χ2n) is 9.35. The highest BCUT2D eigenvalue weighted by molar-refractivity contribution is 7.87. The molecule has 0 spiro atoms. The zero-order chi connectivity index (χ0) is 23.7. The summed E-state index contributed by atoms with van der Waals surface area (Å²) < 4.78 is 27.3. The Kier molecular flexibility index (Phi) is 7.31. The monoisotopic (exact) mass is 470 g/mol. The van der Waals surface area contributed by atoms with E-state index in [4.69, 9.17) is 0 Å². The largest absolute Gasteiger partial charge is 0.391 e. The molecule has 0 aromatic rings. The lowest BCUT2D eigenvalue weighted by molar-refractivity contribution is -0.142. The van der Waals surface area contributed by atoms with Crippen LogP contribution in [-0.2, 0) is 24.6 Å². The smallest absolute Gasteiger partial charge is 0.303 e. The van der Waals surface area contributed by atoms with Crippen LogP contribution in [0.15, 0.2) is 12.2 Å². The van der Waals surface area contributed by atoms with Crippen LogP contribution >= 0.6 is 0 Å². The summed E-state index contributed by atoms with van der Waals surface area (Å²) in [4.78, 5) is 40.6. The molecule has 2 heterocycles. The normalized spacial score (nSPS) is 35.2. The van der Waals surface area contributed by atoms with E-state index in [9.17, 15) is 27.9 Å². The summed E-state index contributed by atoms with van der Waals surface area (Å²) in [6.45, 7) is 1.90. The van der Waals surface area contributed by atoms with Gasteiger partial charge in [-0.25, -0.2) is 4.72 Å². The fraction of sp³-hybridized carbons (Fsp3) is 0.762. The van der Waals surface area contributed by atoms with Crippen LogP contribution in [0.5, 0.6) is 0 Å². The van der Waals surface area contributed by atoms with Crippen molar-refractivity contribution in [2.75, 3.05) is 20.6 Å². The number of amides is 3. The lowest BCUT2D eigenvalue weighted by Gasteiger charge is -2.28.